The average molecular weight is 235 g/mol. The first kappa shape index (κ1) is 67.8. The summed E-state index contributed by atoms with van der Waals surface area (Å²) in [6.07, 6.45) is 0. The molecule has 0 saturated heterocycles. The minimum absolute atomic E-state index is 0. The SMILES string of the molecule is O=C([OH2+])CCl.[Co+3].[NH2-].[NH2-].[NH2-].[NH2-].[NH2-]. The van der Waals surface area contributed by atoms with E-state index in [-0.39, 0.29) is 53.4 Å². The molecule has 0 aromatic heterocycles. The minimum atomic E-state index is -0.730. The zero-order chi connectivity index (χ0) is 4.28. The van der Waals surface area contributed by atoms with Crippen LogP contribution in [0.2, 0.25) is 0 Å². The summed E-state index contributed by atoms with van der Waals surface area (Å²) in [6.45, 7) is 0. The van der Waals surface area contributed by atoms with Gasteiger partial charge in [0.1, 0.15) is 0 Å². The fourth-order valence-electron chi connectivity index (χ4n) is 0. The molecular formula is C2H14ClCoN5O2-. The summed E-state index contributed by atoms with van der Waals surface area (Å²) >= 11 is 4.80. The van der Waals surface area contributed by atoms with Gasteiger partial charge in [-0.3, -0.25) is 0 Å². The number of rotatable bonds is 1. The topological polar surface area (TPSA) is 207 Å². The smallest absolute Gasteiger partial charge is 0.693 e. The van der Waals surface area contributed by atoms with E-state index in [1.807, 2.05) is 0 Å². The van der Waals surface area contributed by atoms with Crippen molar-refractivity contribution in [1.29, 1.82) is 0 Å². The third-order valence-corrected chi connectivity index (χ3v) is 0.364. The van der Waals surface area contributed by atoms with E-state index in [0.29, 0.717) is 0 Å². The van der Waals surface area contributed by atoms with Gasteiger partial charge in [-0.15, -0.1) is 11.6 Å². The maximum atomic E-state index is 9.35. The number of alkyl halides is 1. The quantitative estimate of drug-likeness (QED) is 0.486. The van der Waals surface area contributed by atoms with Crippen molar-refractivity contribution < 1.29 is 26.7 Å². The van der Waals surface area contributed by atoms with Crippen LogP contribution >= 0.6 is 11.6 Å². The number of hydrogen-bond donors (Lipinski definition) is 0. The van der Waals surface area contributed by atoms with Gasteiger partial charge in [0.05, 0.1) is 0 Å². The third kappa shape index (κ3) is 153. The molecule has 0 aromatic carbocycles. The Morgan fingerprint density at radius 3 is 1.18 bits per heavy atom. The first-order valence-corrected chi connectivity index (χ1v) is 1.61. The van der Waals surface area contributed by atoms with Gasteiger partial charge in [-0.25, -0.2) is 0 Å². The minimum Gasteiger partial charge on any atom is -0.693 e. The Morgan fingerprint density at radius 2 is 1.18 bits per heavy atom. The normalized spacial score (nSPS) is 3.36. The van der Waals surface area contributed by atoms with Crippen LogP contribution in [-0.2, 0) is 21.6 Å². The van der Waals surface area contributed by atoms with Crippen molar-refractivity contribution in [2.75, 3.05) is 5.88 Å². The second-order valence-electron chi connectivity index (χ2n) is 0.557. The van der Waals surface area contributed by atoms with Gasteiger partial charge in [-0.05, 0) is 0 Å². The molecule has 0 radical (unpaired) electrons. The van der Waals surface area contributed by atoms with Crippen LogP contribution in [-0.4, -0.2) is 17.0 Å². The number of carbonyl (C=O) groups excluding carboxylic acids is 1. The van der Waals surface area contributed by atoms with Crippen LogP contribution in [0.1, 0.15) is 0 Å². The van der Waals surface area contributed by atoms with Crippen LogP contribution in [0.4, 0.5) is 0 Å². The molecule has 7 nitrogen and oxygen atoms in total. The van der Waals surface area contributed by atoms with Crippen molar-refractivity contribution in [2.24, 2.45) is 0 Å². The van der Waals surface area contributed by atoms with Crippen molar-refractivity contribution >= 4 is 17.6 Å². The fraction of sp³-hybridized carbons (Fsp3) is 0.500. The molecule has 0 rings (SSSR count). The van der Waals surface area contributed by atoms with Crippen molar-refractivity contribution in [3.8, 4) is 0 Å². The molecule has 0 spiro atoms. The Labute approximate surface area is 81.4 Å². The van der Waals surface area contributed by atoms with E-state index in [1.165, 1.54) is 0 Å². The summed E-state index contributed by atoms with van der Waals surface area (Å²) in [6, 6.07) is 0. The predicted molar refractivity (Wildman–Crippen MR) is 45.8 cm³/mol. The van der Waals surface area contributed by atoms with Crippen LogP contribution in [0.25, 0.3) is 30.8 Å². The van der Waals surface area contributed by atoms with Gasteiger partial charge in [0.25, 0.3) is 0 Å². The van der Waals surface area contributed by atoms with Crippen molar-refractivity contribution in [2.45, 2.75) is 0 Å². The molecular weight excluding hydrogens is 220 g/mol. The van der Waals surface area contributed by atoms with E-state index < -0.39 is 5.97 Å². The summed E-state index contributed by atoms with van der Waals surface area (Å²) in [5, 5.41) is 6.06. The monoisotopic (exact) mass is 234 g/mol. The molecule has 11 heavy (non-hydrogen) atoms. The number of halogens is 1. The Kier molecular flexibility index (Phi) is 308. The van der Waals surface area contributed by atoms with E-state index in [4.69, 9.17) is 16.7 Å². The zero-order valence-electron chi connectivity index (χ0n) is 5.71. The first-order valence-electron chi connectivity index (χ1n) is 1.07. The Morgan fingerprint density at radius 1 is 1.09 bits per heavy atom. The molecule has 0 bridgehead atoms. The van der Waals surface area contributed by atoms with Gasteiger partial charge in [-0.2, -0.15) is 0 Å². The van der Waals surface area contributed by atoms with Gasteiger partial charge in [0, 0.05) is 4.79 Å². The molecule has 9 heteroatoms. The molecule has 0 aliphatic heterocycles. The van der Waals surface area contributed by atoms with Gasteiger partial charge in [0.2, 0.25) is 0 Å². The van der Waals surface area contributed by atoms with E-state index in [1.54, 1.807) is 0 Å². The zero-order valence-corrected chi connectivity index (χ0v) is 7.51. The fourth-order valence-corrected chi connectivity index (χ4v) is 0. The van der Waals surface area contributed by atoms with Crippen molar-refractivity contribution in [1.82, 2.24) is 0 Å². The summed E-state index contributed by atoms with van der Waals surface area (Å²) in [5.74, 6) is -0.924. The van der Waals surface area contributed by atoms with Crippen LogP contribution in [0.3, 0.4) is 0 Å². The Bertz CT molecular complexity index is 57.7. The summed E-state index contributed by atoms with van der Waals surface area (Å²) in [5.41, 5.74) is 0. The van der Waals surface area contributed by atoms with E-state index >= 15 is 0 Å². The van der Waals surface area contributed by atoms with Crippen molar-refractivity contribution in [3.63, 3.8) is 0 Å². The predicted octanol–water partition coefficient (Wildman–Crippen LogP) is 3.06. The molecule has 0 fully saturated rings. The number of nitrogens with two attached hydrogens (primary N) is 5. The number of carbonyl (C=O) groups is 1. The first-order chi connectivity index (χ1) is 2.27. The second-order valence-corrected chi connectivity index (χ2v) is 0.824. The molecule has 0 unspecified atom stereocenters. The molecule has 0 aromatic rings. The van der Waals surface area contributed by atoms with E-state index in [0.717, 1.165) is 0 Å². The molecule has 0 aliphatic rings. The molecule has 0 aliphatic carbocycles. The number of hydrogen-bond acceptors (Lipinski definition) is 1. The summed E-state index contributed by atoms with van der Waals surface area (Å²) in [7, 11) is 0. The molecule has 0 heterocycles. The standard InChI is InChI=1S/C2H3ClO2.Co.5H2N/c3-1-2(4)5;;;;;;/h1H2,(H,4,5);;5*1H2/q;+3;5*-1/p+1. The maximum absolute atomic E-state index is 9.35. The molecule has 12 N–H and O–H groups in total. The molecule has 76 valence electrons. The van der Waals surface area contributed by atoms with Crippen molar-refractivity contribution in [3.05, 3.63) is 30.8 Å². The van der Waals surface area contributed by atoms with Crippen LogP contribution < -0.4 is 0 Å². The van der Waals surface area contributed by atoms with Gasteiger partial charge in [0.15, 0.2) is 5.88 Å². The maximum Gasteiger partial charge on any atom is 3.00 e. The third-order valence-electron chi connectivity index (χ3n) is 0.121. The summed E-state index contributed by atoms with van der Waals surface area (Å²) < 4.78 is 0. The summed E-state index contributed by atoms with van der Waals surface area (Å²) in [4.78, 5) is 9.35. The van der Waals surface area contributed by atoms with E-state index in [2.05, 4.69) is 0 Å². The van der Waals surface area contributed by atoms with E-state index in [9.17, 15) is 4.79 Å². The average Bonchev–Trinajstić information content (AvgIpc) is 1.38. The van der Waals surface area contributed by atoms with Gasteiger partial charge in [-0.1, -0.05) is 0 Å². The van der Waals surface area contributed by atoms with Crippen LogP contribution in [0, 0.1) is 0 Å². The Hall–Kier alpha value is 0.0665. The Balaban J connectivity index is -0.00000000533. The van der Waals surface area contributed by atoms with Crippen LogP contribution in [0.15, 0.2) is 0 Å². The van der Waals surface area contributed by atoms with Gasteiger partial charge >= 0.3 is 22.7 Å². The molecule has 0 atom stereocenters. The molecule has 0 amide bonds. The van der Waals surface area contributed by atoms with Gasteiger partial charge < -0.3 is 35.9 Å². The molecule has 0 saturated carbocycles. The second kappa shape index (κ2) is 50.0. The van der Waals surface area contributed by atoms with Crippen LogP contribution in [0.5, 0.6) is 0 Å². The largest absolute Gasteiger partial charge is 3.00 e.